The largest absolute Gasteiger partial charge is 0.493 e. The number of carbonyl (C=O) groups excluding carboxylic acids is 1. The monoisotopic (exact) mass is 230 g/mol. The number of carbonyl (C=O) groups is 1. The predicted octanol–water partition coefficient (Wildman–Crippen LogP) is 2.20. The van der Waals surface area contributed by atoms with Crippen LogP contribution in [0.15, 0.2) is 30.9 Å². The summed E-state index contributed by atoms with van der Waals surface area (Å²) in [6.07, 6.45) is 1.18. The van der Waals surface area contributed by atoms with Gasteiger partial charge in [0.15, 0.2) is 11.5 Å². The van der Waals surface area contributed by atoms with Gasteiger partial charge in [-0.15, -0.1) is 0 Å². The number of allylic oxidation sites excluding steroid dienone is 1. The number of benzene rings is 1. The molecule has 1 aromatic rings. The van der Waals surface area contributed by atoms with E-state index in [-0.39, 0.29) is 5.78 Å². The first-order valence-electron chi connectivity index (χ1n) is 5.20. The summed E-state index contributed by atoms with van der Waals surface area (Å²) in [6.45, 7) is 5.78. The maximum atomic E-state index is 11.0. The smallest absolute Gasteiger partial charge is 0.228 e. The molecule has 3 heteroatoms. The van der Waals surface area contributed by atoms with E-state index in [1.54, 1.807) is 25.3 Å². The lowest BCUT2D eigenvalue weighted by atomic mass is 10.2. The van der Waals surface area contributed by atoms with Crippen LogP contribution < -0.4 is 9.47 Å². The second-order valence-electron chi connectivity index (χ2n) is 3.12. The van der Waals surface area contributed by atoms with Crippen LogP contribution in [0.3, 0.4) is 0 Å². The zero-order chi connectivity index (χ0) is 12.7. The molecule has 1 rings (SSSR count). The lowest BCUT2D eigenvalue weighted by molar-refractivity contribution is -0.109. The highest BCUT2D eigenvalue weighted by atomic mass is 16.5. The Morgan fingerprint density at radius 3 is 2.82 bits per heavy atom. The molecule has 0 heterocycles. The van der Waals surface area contributed by atoms with Crippen LogP contribution in [0.5, 0.6) is 11.5 Å². The van der Waals surface area contributed by atoms with E-state index in [0.29, 0.717) is 23.7 Å². The minimum atomic E-state index is -0.307. The van der Waals surface area contributed by atoms with Crippen LogP contribution in [0, 0.1) is 11.8 Å². The molecule has 0 fully saturated rings. The molecule has 88 valence electrons. The predicted molar refractivity (Wildman–Crippen MR) is 66.2 cm³/mol. The topological polar surface area (TPSA) is 35.5 Å². The number of ether oxygens (including phenoxy) is 2. The van der Waals surface area contributed by atoms with Gasteiger partial charge in [-0.1, -0.05) is 12.5 Å². The highest BCUT2D eigenvalue weighted by Crippen LogP contribution is 2.27. The van der Waals surface area contributed by atoms with Gasteiger partial charge in [0.25, 0.3) is 0 Å². The van der Waals surface area contributed by atoms with E-state index >= 15 is 0 Å². The Balaban J connectivity index is 3.01. The van der Waals surface area contributed by atoms with Crippen LogP contribution in [0.2, 0.25) is 0 Å². The first-order chi connectivity index (χ1) is 8.21. The highest BCUT2D eigenvalue weighted by molar-refractivity contribution is 6.04. The van der Waals surface area contributed by atoms with Crippen LogP contribution in [-0.4, -0.2) is 19.5 Å². The van der Waals surface area contributed by atoms with Gasteiger partial charge in [0, 0.05) is 5.56 Å². The summed E-state index contributed by atoms with van der Waals surface area (Å²) < 4.78 is 10.5. The third-order valence-corrected chi connectivity index (χ3v) is 1.98. The molecule has 0 aliphatic heterocycles. The molecular formula is C14H14O3. The summed E-state index contributed by atoms with van der Waals surface area (Å²) in [4.78, 5) is 11.0. The van der Waals surface area contributed by atoms with E-state index in [4.69, 9.17) is 9.47 Å². The Morgan fingerprint density at radius 2 is 2.24 bits per heavy atom. The second-order valence-corrected chi connectivity index (χ2v) is 3.12. The van der Waals surface area contributed by atoms with Crippen molar-refractivity contribution in [2.45, 2.75) is 6.92 Å². The fraction of sp³-hybridized carbons (Fsp3) is 0.214. The van der Waals surface area contributed by atoms with Crippen LogP contribution in [0.25, 0.3) is 0 Å². The lowest BCUT2D eigenvalue weighted by Crippen LogP contribution is -1.95. The number of hydrogen-bond acceptors (Lipinski definition) is 3. The van der Waals surface area contributed by atoms with Crippen LogP contribution in [-0.2, 0) is 4.79 Å². The SMILES string of the molecule is C=CC(=O)C#Cc1ccc(OC)c(OCC)c1. The minimum Gasteiger partial charge on any atom is -0.493 e. The summed E-state index contributed by atoms with van der Waals surface area (Å²) in [5.41, 5.74) is 0.699. The van der Waals surface area contributed by atoms with Crippen molar-refractivity contribution in [2.75, 3.05) is 13.7 Å². The van der Waals surface area contributed by atoms with Crippen molar-refractivity contribution in [1.82, 2.24) is 0 Å². The van der Waals surface area contributed by atoms with Gasteiger partial charge >= 0.3 is 0 Å². The second kappa shape index (κ2) is 6.39. The zero-order valence-electron chi connectivity index (χ0n) is 9.95. The molecule has 0 bridgehead atoms. The Labute approximate surface area is 101 Å². The average molecular weight is 230 g/mol. The third-order valence-electron chi connectivity index (χ3n) is 1.98. The highest BCUT2D eigenvalue weighted by Gasteiger charge is 2.03. The maximum Gasteiger partial charge on any atom is 0.228 e. The van der Waals surface area contributed by atoms with E-state index in [1.807, 2.05) is 6.92 Å². The lowest BCUT2D eigenvalue weighted by Gasteiger charge is -2.08. The molecule has 0 unspecified atom stereocenters. The van der Waals surface area contributed by atoms with E-state index in [1.165, 1.54) is 6.08 Å². The molecule has 17 heavy (non-hydrogen) atoms. The van der Waals surface area contributed by atoms with Crippen LogP contribution in [0.1, 0.15) is 12.5 Å². The summed E-state index contributed by atoms with van der Waals surface area (Å²) in [5.74, 6) is 6.15. The van der Waals surface area contributed by atoms with Crippen molar-refractivity contribution in [3.05, 3.63) is 36.4 Å². The first kappa shape index (κ1) is 12.9. The Kier molecular flexibility index (Phi) is 4.83. The van der Waals surface area contributed by atoms with Crippen molar-refractivity contribution in [3.8, 4) is 23.3 Å². The summed E-state index contributed by atoms with van der Waals surface area (Å²) in [7, 11) is 1.57. The molecule has 0 saturated carbocycles. The van der Waals surface area contributed by atoms with Gasteiger partial charge in [-0.25, -0.2) is 0 Å². The first-order valence-corrected chi connectivity index (χ1v) is 5.20. The van der Waals surface area contributed by atoms with Gasteiger partial charge in [0.05, 0.1) is 13.7 Å². The molecule has 0 radical (unpaired) electrons. The molecule has 0 spiro atoms. The van der Waals surface area contributed by atoms with Crippen molar-refractivity contribution in [2.24, 2.45) is 0 Å². The van der Waals surface area contributed by atoms with E-state index in [2.05, 4.69) is 18.4 Å². The summed E-state index contributed by atoms with van der Waals surface area (Å²) in [6, 6.07) is 5.27. The Bertz CT molecular complexity index is 478. The van der Waals surface area contributed by atoms with E-state index in [0.717, 1.165) is 0 Å². The van der Waals surface area contributed by atoms with E-state index < -0.39 is 0 Å². The summed E-state index contributed by atoms with van der Waals surface area (Å²) >= 11 is 0. The molecular weight excluding hydrogens is 216 g/mol. The normalized spacial score (nSPS) is 8.82. The average Bonchev–Trinajstić information content (AvgIpc) is 2.36. The molecule has 0 amide bonds. The van der Waals surface area contributed by atoms with Crippen molar-refractivity contribution < 1.29 is 14.3 Å². The molecule has 1 aromatic carbocycles. The number of rotatable bonds is 4. The van der Waals surface area contributed by atoms with Gasteiger partial charge in [0.2, 0.25) is 5.78 Å². The van der Waals surface area contributed by atoms with Gasteiger partial charge in [-0.05, 0) is 37.1 Å². The van der Waals surface area contributed by atoms with Gasteiger partial charge in [0.1, 0.15) is 0 Å². The maximum absolute atomic E-state index is 11.0. The van der Waals surface area contributed by atoms with Crippen molar-refractivity contribution >= 4 is 5.78 Å². The zero-order valence-corrected chi connectivity index (χ0v) is 9.95. The van der Waals surface area contributed by atoms with Gasteiger partial charge in [-0.2, -0.15) is 0 Å². The van der Waals surface area contributed by atoms with Gasteiger partial charge in [-0.3, -0.25) is 4.79 Å². The minimum absolute atomic E-state index is 0.307. The Morgan fingerprint density at radius 1 is 1.47 bits per heavy atom. The standard InChI is InChI=1S/C14H14O3/c1-4-12(15)8-6-11-7-9-13(16-3)14(10-11)17-5-2/h4,7,9-10H,1,5H2,2-3H3. The number of hydrogen-bond donors (Lipinski definition) is 0. The van der Waals surface area contributed by atoms with Crippen molar-refractivity contribution in [3.63, 3.8) is 0 Å². The van der Waals surface area contributed by atoms with Crippen molar-refractivity contribution in [1.29, 1.82) is 0 Å². The number of methoxy groups -OCH3 is 1. The van der Waals surface area contributed by atoms with Crippen LogP contribution in [0.4, 0.5) is 0 Å². The molecule has 0 saturated heterocycles. The molecule has 0 aliphatic carbocycles. The molecule has 3 nitrogen and oxygen atoms in total. The van der Waals surface area contributed by atoms with Crippen LogP contribution >= 0.6 is 0 Å². The number of ketones is 1. The fourth-order valence-electron chi connectivity index (χ4n) is 1.21. The summed E-state index contributed by atoms with van der Waals surface area (Å²) in [5, 5.41) is 0. The van der Waals surface area contributed by atoms with E-state index in [9.17, 15) is 4.79 Å². The molecule has 0 aliphatic rings. The fourth-order valence-corrected chi connectivity index (χ4v) is 1.21. The molecule has 0 N–H and O–H groups in total. The molecule has 0 atom stereocenters. The van der Waals surface area contributed by atoms with Gasteiger partial charge < -0.3 is 9.47 Å². The molecule has 0 aromatic heterocycles. The third kappa shape index (κ3) is 3.69. The quantitative estimate of drug-likeness (QED) is 0.587. The Hall–Kier alpha value is -2.21.